The van der Waals surface area contributed by atoms with E-state index < -0.39 is 24.1 Å². The van der Waals surface area contributed by atoms with Crippen LogP contribution in [0.2, 0.25) is 0 Å². The maximum atomic E-state index is 13.1. The van der Waals surface area contributed by atoms with Crippen LogP contribution in [-0.2, 0) is 4.79 Å². The third-order valence-corrected chi connectivity index (χ3v) is 10.1. The molecule has 6 N–H and O–H groups in total. The first-order valence-corrected chi connectivity index (χ1v) is 17.2. The van der Waals surface area contributed by atoms with Crippen LogP contribution in [0.1, 0.15) is 71.9 Å². The second-order valence-corrected chi connectivity index (χ2v) is 13.6. The molecule has 3 unspecified atom stereocenters. The van der Waals surface area contributed by atoms with E-state index in [1.807, 2.05) is 12.3 Å². The van der Waals surface area contributed by atoms with Crippen LogP contribution in [0.15, 0.2) is 48.8 Å². The number of aliphatic hydroxyl groups excluding tert-OH is 1. The molecule has 2 saturated heterocycles. The summed E-state index contributed by atoms with van der Waals surface area (Å²) in [5.41, 5.74) is 5.57. The van der Waals surface area contributed by atoms with E-state index in [1.165, 1.54) is 6.21 Å². The van der Waals surface area contributed by atoms with Crippen LogP contribution < -0.4 is 26.2 Å². The fourth-order valence-electron chi connectivity index (χ4n) is 7.34. The van der Waals surface area contributed by atoms with Gasteiger partial charge >= 0.3 is 0 Å². The molecule has 0 spiro atoms. The number of aliphatic hydroxyl groups is 1. The number of aromatic nitrogens is 2. The van der Waals surface area contributed by atoms with E-state index >= 15 is 0 Å². The summed E-state index contributed by atoms with van der Waals surface area (Å²) in [6.07, 6.45) is 8.20. The molecule has 49 heavy (non-hydrogen) atoms. The smallest absolute Gasteiger partial charge is 0.262 e. The van der Waals surface area contributed by atoms with Gasteiger partial charge in [0.05, 0.1) is 40.1 Å². The monoisotopic (exact) mass is 665 g/mol. The van der Waals surface area contributed by atoms with Crippen LogP contribution in [0.3, 0.4) is 0 Å². The van der Waals surface area contributed by atoms with E-state index in [2.05, 4.69) is 50.2 Å². The number of hydrogen-bond acceptors (Lipinski definition) is 11. The number of benzene rings is 2. The number of carbonyl (C=O) groups excluding carboxylic acids is 3. The Morgan fingerprint density at radius 1 is 1.10 bits per heavy atom. The highest BCUT2D eigenvalue weighted by Crippen LogP contribution is 2.33. The summed E-state index contributed by atoms with van der Waals surface area (Å²) in [7, 11) is 0. The number of rotatable bonds is 11. The maximum Gasteiger partial charge on any atom is 0.262 e. The number of carbonyl (C=O) groups is 3. The van der Waals surface area contributed by atoms with Gasteiger partial charge in [-0.05, 0) is 81.3 Å². The Morgan fingerprint density at radius 2 is 1.94 bits per heavy atom. The molecule has 3 aromatic rings. The Morgan fingerprint density at radius 3 is 2.73 bits per heavy atom. The Balaban J connectivity index is 0.869. The number of amides is 3. The van der Waals surface area contributed by atoms with E-state index in [0.29, 0.717) is 40.4 Å². The fraction of sp³-hybridized carbons (Fsp3) is 0.444. The van der Waals surface area contributed by atoms with E-state index in [4.69, 9.17) is 10.4 Å². The quantitative estimate of drug-likeness (QED) is 0.102. The molecule has 0 radical (unpaired) electrons. The summed E-state index contributed by atoms with van der Waals surface area (Å²) < 4.78 is 0. The van der Waals surface area contributed by atoms with Gasteiger partial charge in [0.15, 0.2) is 0 Å². The average Bonchev–Trinajstić information content (AvgIpc) is 3.32. The lowest BCUT2D eigenvalue weighted by molar-refractivity contribution is -0.129. The van der Waals surface area contributed by atoms with Crippen molar-refractivity contribution in [1.29, 1.82) is 5.41 Å². The molecule has 0 bridgehead atoms. The molecule has 3 fully saturated rings. The predicted octanol–water partition coefficient (Wildman–Crippen LogP) is 2.87. The van der Waals surface area contributed by atoms with Crippen molar-refractivity contribution in [2.75, 3.05) is 36.4 Å². The Labute approximate surface area is 285 Å². The van der Waals surface area contributed by atoms with Crippen LogP contribution in [0.25, 0.3) is 16.6 Å². The summed E-state index contributed by atoms with van der Waals surface area (Å²) in [5.74, 6) is -0.573. The first-order valence-electron chi connectivity index (χ1n) is 17.2. The molecule has 13 heteroatoms. The molecule has 7 rings (SSSR count). The summed E-state index contributed by atoms with van der Waals surface area (Å²) in [4.78, 5) is 50.6. The number of hydrogen-bond donors (Lipinski definition) is 6. The minimum absolute atomic E-state index is 0.152. The van der Waals surface area contributed by atoms with E-state index in [1.54, 1.807) is 24.4 Å². The number of piperazine rings is 1. The molecular weight excluding hydrogens is 622 g/mol. The van der Waals surface area contributed by atoms with Gasteiger partial charge in [0.1, 0.15) is 6.23 Å². The van der Waals surface area contributed by atoms with Gasteiger partial charge in [-0.2, -0.15) is 0 Å². The first-order chi connectivity index (χ1) is 23.8. The largest absolute Gasteiger partial charge is 0.388 e. The summed E-state index contributed by atoms with van der Waals surface area (Å²) >= 11 is 0. The molecule has 3 atom stereocenters. The summed E-state index contributed by atoms with van der Waals surface area (Å²) in [6, 6.07) is 11.4. The zero-order valence-electron chi connectivity index (χ0n) is 27.6. The maximum absolute atomic E-state index is 13.1. The van der Waals surface area contributed by atoms with Crippen LogP contribution in [0, 0.1) is 11.3 Å². The average molecular weight is 666 g/mol. The Hall–Kier alpha value is -4.88. The molecule has 256 valence electrons. The predicted molar refractivity (Wildman–Crippen MR) is 187 cm³/mol. The summed E-state index contributed by atoms with van der Waals surface area (Å²) in [6.45, 7) is 5.79. The number of imide groups is 1. The molecule has 4 heterocycles. The molecule has 4 aliphatic rings. The highest BCUT2D eigenvalue weighted by Gasteiger charge is 2.44. The molecule has 2 aromatic carbocycles. The lowest BCUT2D eigenvalue weighted by atomic mass is 9.77. The van der Waals surface area contributed by atoms with Crippen molar-refractivity contribution in [2.24, 2.45) is 5.92 Å². The van der Waals surface area contributed by atoms with Crippen molar-refractivity contribution in [2.45, 2.75) is 69.8 Å². The first kappa shape index (κ1) is 32.7. The number of nitrogens with zero attached hydrogens (tertiary/aromatic N) is 4. The number of allylic oxidation sites excluding steroid dienone is 1. The Bertz CT molecular complexity index is 1810. The molecule has 3 amide bonds. The molecular formula is C36H43N9O4. The SMILES string of the molecule is CC1CN(c2ccc3ncc(/C(C=N)=C/NC4CC(CCCNc5ccc6c(c5)C(=O)N(C5CCC(=O)NC5O)C6=O)C4)nc3c2)CCN1. The zero-order valence-corrected chi connectivity index (χ0v) is 27.6. The van der Waals surface area contributed by atoms with Gasteiger partial charge in [-0.1, -0.05) is 0 Å². The standard InChI is InChI=1S/C36H43N9O4/c1-21-20-44(12-11-38-21)26-5-7-29-30(16-26)42-31(19-41-29)23(17-37)18-40-25-13-22(14-25)3-2-10-39-24-4-6-27-28(15-24)36(49)45(35(27)48)32-8-9-33(46)43-34(32)47/h4-7,15-19,21-22,25,32,34,37-40,47H,2-3,8-14,20H2,1H3,(H,43,46)/b23-18+,37-17?. The van der Waals surface area contributed by atoms with Gasteiger partial charge in [-0.3, -0.25) is 24.3 Å². The van der Waals surface area contributed by atoms with E-state index in [-0.39, 0.29) is 18.7 Å². The minimum Gasteiger partial charge on any atom is -0.388 e. The van der Waals surface area contributed by atoms with Crippen molar-refractivity contribution in [3.05, 3.63) is 65.6 Å². The number of piperidine rings is 1. The van der Waals surface area contributed by atoms with Gasteiger partial charge in [0.2, 0.25) is 5.91 Å². The van der Waals surface area contributed by atoms with Crippen molar-refractivity contribution in [1.82, 2.24) is 30.8 Å². The zero-order chi connectivity index (χ0) is 34.1. The van der Waals surface area contributed by atoms with Gasteiger partial charge < -0.3 is 36.7 Å². The highest BCUT2D eigenvalue weighted by molar-refractivity contribution is 6.22. The highest BCUT2D eigenvalue weighted by atomic mass is 16.3. The number of anilines is 2. The molecule has 1 aromatic heterocycles. The van der Waals surface area contributed by atoms with Crippen molar-refractivity contribution in [3.8, 4) is 0 Å². The minimum atomic E-state index is -1.27. The van der Waals surface area contributed by atoms with Crippen molar-refractivity contribution < 1.29 is 19.5 Å². The molecule has 1 aliphatic carbocycles. The van der Waals surface area contributed by atoms with E-state index in [9.17, 15) is 19.5 Å². The Kier molecular flexibility index (Phi) is 9.28. The third kappa shape index (κ3) is 6.86. The second-order valence-electron chi connectivity index (χ2n) is 13.6. The normalized spacial score (nSPS) is 25.6. The second kappa shape index (κ2) is 13.9. The molecule has 1 saturated carbocycles. The number of nitrogens with one attached hydrogen (secondary N) is 5. The van der Waals surface area contributed by atoms with Gasteiger partial charge in [-0.15, -0.1) is 0 Å². The fourth-order valence-corrected chi connectivity index (χ4v) is 7.34. The topological polar surface area (TPSA) is 176 Å². The van der Waals surface area contributed by atoms with E-state index in [0.717, 1.165) is 79.2 Å². The van der Waals surface area contributed by atoms with Crippen LogP contribution in [0.4, 0.5) is 11.4 Å². The van der Waals surface area contributed by atoms with Gasteiger partial charge in [0, 0.05) is 74.0 Å². The van der Waals surface area contributed by atoms with Crippen LogP contribution in [0.5, 0.6) is 0 Å². The molecule has 3 aliphatic heterocycles. The van der Waals surface area contributed by atoms with Gasteiger partial charge in [0.25, 0.3) is 11.8 Å². The van der Waals surface area contributed by atoms with Gasteiger partial charge in [-0.25, -0.2) is 4.98 Å². The lowest BCUT2D eigenvalue weighted by Crippen LogP contribution is -2.57. The van der Waals surface area contributed by atoms with Crippen molar-refractivity contribution >= 4 is 51.9 Å². The van der Waals surface area contributed by atoms with Crippen LogP contribution >= 0.6 is 0 Å². The van der Waals surface area contributed by atoms with Crippen molar-refractivity contribution in [3.63, 3.8) is 0 Å². The lowest BCUT2D eigenvalue weighted by Gasteiger charge is -2.36. The summed E-state index contributed by atoms with van der Waals surface area (Å²) in [5, 5.41) is 31.1. The molecule has 13 nitrogen and oxygen atoms in total. The van der Waals surface area contributed by atoms with Crippen LogP contribution in [-0.4, -0.2) is 94.4 Å². The third-order valence-electron chi connectivity index (χ3n) is 10.1. The number of fused-ring (bicyclic) bond motifs is 2.